The predicted molar refractivity (Wildman–Crippen MR) is 40.9 cm³/mol. The van der Waals surface area contributed by atoms with E-state index >= 15 is 0 Å². The van der Waals surface area contributed by atoms with E-state index in [2.05, 4.69) is 7.85 Å². The average molecular weight is 113 g/mol. The molecule has 0 aromatic rings. The zero-order valence-corrected chi connectivity index (χ0v) is 5.82. The van der Waals surface area contributed by atoms with E-state index in [1.807, 2.05) is 0 Å². The van der Waals surface area contributed by atoms with Crippen molar-refractivity contribution in [2.75, 3.05) is 6.54 Å². The van der Waals surface area contributed by atoms with Gasteiger partial charge in [0.05, 0.1) is 0 Å². The van der Waals surface area contributed by atoms with Crippen LogP contribution in [0.2, 0.25) is 6.32 Å². The van der Waals surface area contributed by atoms with Crippen LogP contribution in [0.5, 0.6) is 0 Å². The molecule has 0 radical (unpaired) electrons. The molecule has 0 spiro atoms. The minimum atomic E-state index is 0.865. The summed E-state index contributed by atoms with van der Waals surface area (Å²) in [6.07, 6.45) is 6.60. The maximum Gasteiger partial charge on any atom is 0.101 e. The molecule has 0 saturated heterocycles. The SMILES string of the molecule is BCCCCCCN. The zero-order chi connectivity index (χ0) is 6.24. The molecular weight excluding hydrogens is 96.9 g/mol. The zero-order valence-electron chi connectivity index (χ0n) is 5.82. The van der Waals surface area contributed by atoms with Crippen LogP contribution in [0.4, 0.5) is 0 Å². The fourth-order valence-corrected chi connectivity index (χ4v) is 0.748. The van der Waals surface area contributed by atoms with Crippen molar-refractivity contribution in [3.8, 4) is 0 Å². The highest BCUT2D eigenvalue weighted by molar-refractivity contribution is 6.08. The Hall–Kier alpha value is 0.0249. The van der Waals surface area contributed by atoms with Gasteiger partial charge in [0.2, 0.25) is 0 Å². The quantitative estimate of drug-likeness (QED) is 0.409. The maximum atomic E-state index is 5.31. The summed E-state index contributed by atoms with van der Waals surface area (Å²) in [5.41, 5.74) is 5.31. The van der Waals surface area contributed by atoms with Crippen LogP contribution < -0.4 is 5.73 Å². The molecule has 2 heteroatoms. The van der Waals surface area contributed by atoms with Crippen LogP contribution in [0.1, 0.15) is 25.7 Å². The fourth-order valence-electron chi connectivity index (χ4n) is 0.748. The van der Waals surface area contributed by atoms with E-state index in [0.29, 0.717) is 0 Å². The Morgan fingerprint density at radius 2 is 1.62 bits per heavy atom. The third-order valence-electron chi connectivity index (χ3n) is 1.31. The number of unbranched alkanes of at least 4 members (excludes halogenated alkanes) is 3. The lowest BCUT2D eigenvalue weighted by Gasteiger charge is -1.93. The van der Waals surface area contributed by atoms with Crippen molar-refractivity contribution in [3.05, 3.63) is 0 Å². The summed E-state index contributed by atoms with van der Waals surface area (Å²) in [6, 6.07) is 0. The third kappa shape index (κ3) is 6.02. The Labute approximate surface area is 53.1 Å². The Morgan fingerprint density at radius 1 is 1.00 bits per heavy atom. The molecule has 0 unspecified atom stereocenters. The van der Waals surface area contributed by atoms with Gasteiger partial charge in [-0.2, -0.15) is 0 Å². The van der Waals surface area contributed by atoms with E-state index in [9.17, 15) is 0 Å². The fraction of sp³-hybridized carbons (Fsp3) is 1.00. The first-order valence-electron chi connectivity index (χ1n) is 3.62. The summed E-state index contributed by atoms with van der Waals surface area (Å²) in [5.74, 6) is 0. The summed E-state index contributed by atoms with van der Waals surface area (Å²) >= 11 is 0. The molecule has 0 aliphatic heterocycles. The molecule has 0 atom stereocenters. The van der Waals surface area contributed by atoms with Crippen LogP contribution in [0.3, 0.4) is 0 Å². The smallest absolute Gasteiger partial charge is 0.101 e. The molecule has 0 saturated carbocycles. The number of hydrogen-bond donors (Lipinski definition) is 1. The van der Waals surface area contributed by atoms with Crippen molar-refractivity contribution >= 4 is 7.85 Å². The van der Waals surface area contributed by atoms with Gasteiger partial charge in [0.25, 0.3) is 0 Å². The molecule has 1 nitrogen and oxygen atoms in total. The van der Waals surface area contributed by atoms with E-state index in [1.165, 1.54) is 32.0 Å². The highest BCUT2D eigenvalue weighted by Crippen LogP contribution is 1.99. The highest BCUT2D eigenvalue weighted by atomic mass is 14.5. The first-order valence-corrected chi connectivity index (χ1v) is 3.62. The summed E-state index contributed by atoms with van der Waals surface area (Å²) in [6.45, 7) is 0.865. The van der Waals surface area contributed by atoms with Crippen LogP contribution in [-0.4, -0.2) is 14.4 Å². The maximum absolute atomic E-state index is 5.31. The second-order valence-electron chi connectivity index (χ2n) is 2.20. The van der Waals surface area contributed by atoms with E-state index in [-0.39, 0.29) is 0 Å². The van der Waals surface area contributed by atoms with Gasteiger partial charge in [0.1, 0.15) is 7.85 Å². The second-order valence-corrected chi connectivity index (χ2v) is 2.20. The van der Waals surface area contributed by atoms with Gasteiger partial charge in [0, 0.05) is 0 Å². The van der Waals surface area contributed by atoms with E-state index in [4.69, 9.17) is 5.73 Å². The molecule has 2 N–H and O–H groups in total. The normalized spacial score (nSPS) is 9.62. The summed E-state index contributed by atoms with van der Waals surface area (Å²) in [7, 11) is 2.22. The van der Waals surface area contributed by atoms with Crippen molar-refractivity contribution in [3.63, 3.8) is 0 Å². The monoisotopic (exact) mass is 113 g/mol. The second kappa shape index (κ2) is 7.02. The Kier molecular flexibility index (Phi) is 7.05. The first-order chi connectivity index (χ1) is 3.91. The van der Waals surface area contributed by atoms with Crippen LogP contribution in [0.15, 0.2) is 0 Å². The Bertz CT molecular complexity index is 33.5. The summed E-state index contributed by atoms with van der Waals surface area (Å²) in [4.78, 5) is 0. The number of rotatable bonds is 5. The van der Waals surface area contributed by atoms with Crippen LogP contribution >= 0.6 is 0 Å². The van der Waals surface area contributed by atoms with Gasteiger partial charge in [-0.3, -0.25) is 0 Å². The van der Waals surface area contributed by atoms with Gasteiger partial charge in [-0.05, 0) is 13.0 Å². The van der Waals surface area contributed by atoms with Crippen molar-refractivity contribution < 1.29 is 0 Å². The third-order valence-corrected chi connectivity index (χ3v) is 1.31. The minimum Gasteiger partial charge on any atom is -0.330 e. The minimum absolute atomic E-state index is 0.865. The molecule has 0 aliphatic rings. The molecule has 0 aromatic heterocycles. The molecule has 0 fully saturated rings. The van der Waals surface area contributed by atoms with Crippen molar-refractivity contribution in [2.45, 2.75) is 32.0 Å². The molecule has 0 aromatic carbocycles. The molecule has 0 bridgehead atoms. The molecule has 0 heterocycles. The van der Waals surface area contributed by atoms with E-state index < -0.39 is 0 Å². The molecule has 0 rings (SSSR count). The Morgan fingerprint density at radius 3 is 2.12 bits per heavy atom. The molecule has 8 heavy (non-hydrogen) atoms. The Balaban J connectivity index is 2.53. The van der Waals surface area contributed by atoms with Gasteiger partial charge in [-0.25, -0.2) is 0 Å². The summed E-state index contributed by atoms with van der Waals surface area (Å²) < 4.78 is 0. The number of nitrogens with two attached hydrogens (primary N) is 1. The van der Waals surface area contributed by atoms with Gasteiger partial charge in [-0.1, -0.05) is 25.6 Å². The molecular formula is C6H16BN. The lowest BCUT2D eigenvalue weighted by Crippen LogP contribution is -1.97. The first kappa shape index (κ1) is 8.02. The van der Waals surface area contributed by atoms with Crippen LogP contribution in [0.25, 0.3) is 0 Å². The van der Waals surface area contributed by atoms with Crippen molar-refractivity contribution in [2.24, 2.45) is 5.73 Å². The molecule has 0 amide bonds. The van der Waals surface area contributed by atoms with E-state index in [1.54, 1.807) is 0 Å². The predicted octanol–water partition coefficient (Wildman–Crippen LogP) is 0.557. The number of hydrogen-bond acceptors (Lipinski definition) is 1. The van der Waals surface area contributed by atoms with E-state index in [0.717, 1.165) is 6.54 Å². The van der Waals surface area contributed by atoms with Gasteiger partial charge >= 0.3 is 0 Å². The van der Waals surface area contributed by atoms with Crippen molar-refractivity contribution in [1.82, 2.24) is 0 Å². The largest absolute Gasteiger partial charge is 0.330 e. The van der Waals surface area contributed by atoms with Gasteiger partial charge in [-0.15, -0.1) is 0 Å². The summed E-state index contributed by atoms with van der Waals surface area (Å²) in [5, 5.41) is 0. The topological polar surface area (TPSA) is 26.0 Å². The van der Waals surface area contributed by atoms with Crippen LogP contribution in [0, 0.1) is 0 Å². The lowest BCUT2D eigenvalue weighted by molar-refractivity contribution is 0.674. The van der Waals surface area contributed by atoms with Gasteiger partial charge < -0.3 is 5.73 Å². The van der Waals surface area contributed by atoms with Crippen molar-refractivity contribution in [1.29, 1.82) is 0 Å². The highest BCUT2D eigenvalue weighted by Gasteiger charge is 1.83. The van der Waals surface area contributed by atoms with Crippen LogP contribution in [-0.2, 0) is 0 Å². The lowest BCUT2D eigenvalue weighted by atomic mass is 9.99. The van der Waals surface area contributed by atoms with Gasteiger partial charge in [0.15, 0.2) is 0 Å². The average Bonchev–Trinajstić information content (AvgIpc) is 1.81. The standard InChI is InChI=1S/C6H16BN/c7-5-3-1-2-4-6-8/h1-8H2. The molecule has 0 aliphatic carbocycles. The molecule has 48 valence electrons.